The van der Waals surface area contributed by atoms with Crippen LogP contribution in [0.5, 0.6) is 0 Å². The van der Waals surface area contributed by atoms with E-state index < -0.39 is 22.1 Å². The molecule has 1 aliphatic carbocycles. The molecule has 2 aliphatic rings. The lowest BCUT2D eigenvalue weighted by Crippen LogP contribution is -2.38. The second-order valence-electron chi connectivity index (χ2n) is 6.77. The number of hydrogen-bond donors (Lipinski definition) is 3. The molecule has 0 spiro atoms. The Morgan fingerprint density at radius 2 is 1.96 bits per heavy atom. The second-order valence-corrected chi connectivity index (χ2v) is 8.17. The number of carboxylic acid groups (broad SMARTS) is 1. The summed E-state index contributed by atoms with van der Waals surface area (Å²) in [5, 5.41) is 14.7. The molecule has 2 heterocycles. The molecule has 0 saturated carbocycles. The van der Waals surface area contributed by atoms with Gasteiger partial charge < -0.3 is 10.1 Å². The van der Waals surface area contributed by atoms with Gasteiger partial charge in [-0.1, -0.05) is 11.6 Å². The lowest BCUT2D eigenvalue weighted by Gasteiger charge is -2.13. The van der Waals surface area contributed by atoms with Crippen molar-refractivity contribution in [3.63, 3.8) is 0 Å². The quantitative estimate of drug-likeness (QED) is 0.675. The van der Waals surface area contributed by atoms with Crippen LogP contribution in [0.2, 0.25) is 0 Å². The molecule has 27 heavy (non-hydrogen) atoms. The van der Waals surface area contributed by atoms with Gasteiger partial charge in [0, 0.05) is 17.0 Å². The molecule has 8 nitrogen and oxygen atoms in total. The number of allylic oxidation sites excluding steroid dienone is 1. The summed E-state index contributed by atoms with van der Waals surface area (Å²) in [6.45, 7) is 3.50. The third-order valence-electron chi connectivity index (χ3n) is 5.03. The lowest BCUT2D eigenvalue weighted by atomic mass is 9.98. The fraction of sp³-hybridized carbons (Fsp3) is 0.222. The maximum atomic E-state index is 13.0. The molecular weight excluding hydrogens is 370 g/mol. The highest BCUT2D eigenvalue weighted by molar-refractivity contribution is 7.91. The summed E-state index contributed by atoms with van der Waals surface area (Å²) in [6, 6.07) is 5.00. The summed E-state index contributed by atoms with van der Waals surface area (Å²) in [5.74, 6) is -1.75. The minimum absolute atomic E-state index is 0.207. The molecule has 0 fully saturated rings. The Labute approximate surface area is 155 Å². The van der Waals surface area contributed by atoms with Gasteiger partial charge in [0.25, 0.3) is 5.91 Å². The predicted octanol–water partition coefficient (Wildman–Crippen LogP) is 1.74. The maximum Gasteiger partial charge on any atom is 0.337 e. The van der Waals surface area contributed by atoms with Crippen molar-refractivity contribution in [2.45, 2.75) is 26.7 Å². The van der Waals surface area contributed by atoms with Crippen LogP contribution in [0.25, 0.3) is 11.1 Å². The number of carbonyl (C=O) groups is 2. The van der Waals surface area contributed by atoms with Gasteiger partial charge in [-0.2, -0.15) is 12.7 Å². The Balaban J connectivity index is 2.02. The van der Waals surface area contributed by atoms with Gasteiger partial charge >= 0.3 is 16.2 Å². The van der Waals surface area contributed by atoms with Crippen molar-refractivity contribution in [1.82, 2.24) is 4.98 Å². The van der Waals surface area contributed by atoms with Crippen LogP contribution < -0.4 is 9.44 Å². The van der Waals surface area contributed by atoms with E-state index in [-0.39, 0.29) is 16.8 Å². The van der Waals surface area contributed by atoms with Crippen LogP contribution in [0.3, 0.4) is 0 Å². The third-order valence-corrected chi connectivity index (χ3v) is 5.90. The van der Waals surface area contributed by atoms with Crippen molar-refractivity contribution in [1.29, 1.82) is 0 Å². The van der Waals surface area contributed by atoms with Crippen LogP contribution in [-0.2, 0) is 21.4 Å². The number of nitrogens with two attached hydrogens (primary N) is 1. The van der Waals surface area contributed by atoms with Crippen LogP contribution in [0.1, 0.15) is 44.9 Å². The van der Waals surface area contributed by atoms with E-state index in [2.05, 4.69) is 4.98 Å². The van der Waals surface area contributed by atoms with Gasteiger partial charge in [-0.15, -0.1) is 0 Å². The number of nitrogens with zero attached hydrogens (tertiary/aromatic N) is 1. The van der Waals surface area contributed by atoms with E-state index in [1.165, 1.54) is 0 Å². The van der Waals surface area contributed by atoms with Crippen molar-refractivity contribution >= 4 is 38.9 Å². The Kier molecular flexibility index (Phi) is 3.59. The summed E-state index contributed by atoms with van der Waals surface area (Å²) in [4.78, 5) is 27.6. The number of aryl methyl sites for hydroxylation is 2. The molecule has 0 atom stereocenters. The zero-order valence-electron chi connectivity index (χ0n) is 14.7. The van der Waals surface area contributed by atoms with Crippen molar-refractivity contribution in [3.8, 4) is 0 Å². The molecule has 1 aromatic carbocycles. The monoisotopic (exact) mass is 387 g/mol. The summed E-state index contributed by atoms with van der Waals surface area (Å²) < 4.78 is 24.6. The van der Waals surface area contributed by atoms with Crippen LogP contribution in [0.4, 0.5) is 5.69 Å². The average molecular weight is 387 g/mol. The van der Waals surface area contributed by atoms with E-state index in [4.69, 9.17) is 5.14 Å². The number of H-pyrrole nitrogens is 1. The number of rotatable bonds is 2. The van der Waals surface area contributed by atoms with E-state index in [0.29, 0.717) is 45.2 Å². The number of nitrogens with one attached hydrogen (secondary N) is 1. The number of anilines is 1. The fourth-order valence-corrected chi connectivity index (χ4v) is 4.75. The molecule has 0 saturated heterocycles. The molecule has 1 aliphatic heterocycles. The minimum Gasteiger partial charge on any atom is -0.478 e. The van der Waals surface area contributed by atoms with Crippen molar-refractivity contribution in [2.75, 3.05) is 4.31 Å². The number of aromatic nitrogens is 1. The fourth-order valence-electron chi connectivity index (χ4n) is 4.00. The first-order valence-electron chi connectivity index (χ1n) is 8.28. The number of carboxylic acids is 1. The SMILES string of the molecule is Cc1ccc2c(c1)/C(=C1\CCc3c1[nH]c(C)c3C(=O)O)C(=O)N2S(N)(=O)=O. The van der Waals surface area contributed by atoms with Gasteiger partial charge in [-0.25, -0.2) is 9.93 Å². The van der Waals surface area contributed by atoms with E-state index in [9.17, 15) is 23.1 Å². The number of benzene rings is 1. The van der Waals surface area contributed by atoms with E-state index >= 15 is 0 Å². The minimum atomic E-state index is -4.29. The molecule has 140 valence electrons. The smallest absolute Gasteiger partial charge is 0.337 e. The first-order valence-corrected chi connectivity index (χ1v) is 9.78. The van der Waals surface area contributed by atoms with Crippen molar-refractivity contribution in [2.24, 2.45) is 5.14 Å². The van der Waals surface area contributed by atoms with E-state index in [1.807, 2.05) is 6.92 Å². The second kappa shape index (κ2) is 5.54. The number of aromatic carboxylic acids is 1. The molecule has 1 amide bonds. The average Bonchev–Trinajstić information content (AvgIpc) is 3.15. The molecule has 0 radical (unpaired) electrons. The van der Waals surface area contributed by atoms with Gasteiger partial charge in [0.2, 0.25) is 0 Å². The van der Waals surface area contributed by atoms with Crippen LogP contribution in [0.15, 0.2) is 18.2 Å². The zero-order chi connectivity index (χ0) is 19.7. The Morgan fingerprint density at radius 1 is 1.26 bits per heavy atom. The molecule has 2 aromatic rings. The van der Waals surface area contributed by atoms with Crippen molar-refractivity contribution in [3.05, 3.63) is 51.8 Å². The number of fused-ring (bicyclic) bond motifs is 2. The number of aromatic amines is 1. The standard InChI is InChI=1S/C18H17N3O5S/c1-8-3-6-13-12(7-8)15(17(22)21(13)27(19,25)26)11-5-4-10-14(18(23)24)9(2)20-16(10)11/h3,6-7,20H,4-5H2,1-2H3,(H,23,24)(H2,19,25,26)/b15-11-. The molecular formula is C18H17N3O5S. The number of amides is 1. The summed E-state index contributed by atoms with van der Waals surface area (Å²) >= 11 is 0. The van der Waals surface area contributed by atoms with Gasteiger partial charge in [-0.3, -0.25) is 4.79 Å². The number of hydrogen-bond acceptors (Lipinski definition) is 4. The molecule has 0 unspecified atom stereocenters. The van der Waals surface area contributed by atoms with E-state index in [0.717, 1.165) is 5.56 Å². The Bertz CT molecular complexity index is 1170. The first-order chi connectivity index (χ1) is 12.6. The summed E-state index contributed by atoms with van der Waals surface area (Å²) in [5.41, 5.74) is 4.36. The Morgan fingerprint density at radius 3 is 2.59 bits per heavy atom. The highest BCUT2D eigenvalue weighted by atomic mass is 32.2. The first kappa shape index (κ1) is 17.5. The molecule has 0 bridgehead atoms. The van der Waals surface area contributed by atoms with Gasteiger partial charge in [-0.05, 0) is 50.0 Å². The topological polar surface area (TPSA) is 134 Å². The van der Waals surface area contributed by atoms with Gasteiger partial charge in [0.05, 0.1) is 16.8 Å². The van der Waals surface area contributed by atoms with Crippen LogP contribution in [0, 0.1) is 13.8 Å². The van der Waals surface area contributed by atoms with E-state index in [1.54, 1.807) is 25.1 Å². The number of carbonyl (C=O) groups excluding carboxylic acids is 1. The Hall–Kier alpha value is -2.91. The molecule has 4 N–H and O–H groups in total. The third kappa shape index (κ3) is 2.42. The highest BCUT2D eigenvalue weighted by Crippen LogP contribution is 2.46. The van der Waals surface area contributed by atoms with Crippen LogP contribution >= 0.6 is 0 Å². The summed E-state index contributed by atoms with van der Waals surface area (Å²) in [7, 11) is -4.29. The van der Waals surface area contributed by atoms with Gasteiger partial charge in [0.15, 0.2) is 0 Å². The zero-order valence-corrected chi connectivity index (χ0v) is 15.5. The summed E-state index contributed by atoms with van der Waals surface area (Å²) in [6.07, 6.45) is 0.901. The van der Waals surface area contributed by atoms with Gasteiger partial charge in [0.1, 0.15) is 0 Å². The molecule has 1 aromatic heterocycles. The van der Waals surface area contributed by atoms with Crippen LogP contribution in [-0.4, -0.2) is 30.4 Å². The van der Waals surface area contributed by atoms with Crippen molar-refractivity contribution < 1.29 is 23.1 Å². The normalized spacial score (nSPS) is 18.8. The molecule has 9 heteroatoms. The maximum absolute atomic E-state index is 13.0. The highest BCUT2D eigenvalue weighted by Gasteiger charge is 2.42. The lowest BCUT2D eigenvalue weighted by molar-refractivity contribution is -0.111. The molecule has 4 rings (SSSR count). The predicted molar refractivity (Wildman–Crippen MR) is 99.4 cm³/mol. The largest absolute Gasteiger partial charge is 0.478 e.